The molecule has 10 heteroatoms. The first-order valence-electron chi connectivity index (χ1n) is 11.7. The number of nitrogens with one attached hydrogen (secondary N) is 1. The Balaban J connectivity index is 0.000000188. The molecule has 198 valence electrons. The monoisotopic (exact) mass is 540 g/mol. The molecule has 5 rings (SSSR count). The molecule has 0 spiro atoms. The van der Waals surface area contributed by atoms with Crippen molar-refractivity contribution in [3.63, 3.8) is 0 Å². The molecule has 0 atom stereocenters. The van der Waals surface area contributed by atoms with Crippen LogP contribution in [0, 0.1) is 24.8 Å². The summed E-state index contributed by atoms with van der Waals surface area (Å²) in [4.78, 5) is 19.9. The number of nitriles is 1. The Hall–Kier alpha value is -5.61. The Morgan fingerprint density at radius 3 is 2.48 bits per heavy atom. The number of aryl methyl sites for hydroxylation is 1. The summed E-state index contributed by atoms with van der Waals surface area (Å²) in [5, 5.41) is 20.5. The van der Waals surface area contributed by atoms with Gasteiger partial charge in [0, 0.05) is 5.56 Å². The Morgan fingerprint density at radius 2 is 1.77 bits per heavy atom. The number of hydrogen-bond donors (Lipinski definition) is 2. The van der Waals surface area contributed by atoms with Gasteiger partial charge in [0.1, 0.15) is 5.75 Å². The van der Waals surface area contributed by atoms with Crippen LogP contribution in [-0.2, 0) is 6.18 Å². The van der Waals surface area contributed by atoms with Crippen LogP contribution in [0.1, 0.15) is 27.0 Å². The number of alkyl halides is 3. The predicted molar refractivity (Wildman–Crippen MR) is 143 cm³/mol. The molecular weight excluding hydrogens is 521 g/mol. The van der Waals surface area contributed by atoms with Gasteiger partial charge in [0.25, 0.3) is 5.91 Å². The number of carbonyl (C=O) groups is 1. The number of fused-ring (bicyclic) bond motifs is 1. The maximum absolute atomic E-state index is 12.9. The third-order valence-electron chi connectivity index (χ3n) is 5.73. The molecule has 2 N–H and O–H groups in total. The molecule has 1 heterocycles. The zero-order valence-electron chi connectivity index (χ0n) is 20.8. The largest absolute Gasteiger partial charge is 0.506 e. The average molecular weight is 541 g/mol. The SMILES string of the molecule is N#Cc1ccc(O)c(NC(=O)c2ccccc2C(F)(F)F)c1.[C-]#[N+]c1ccc2oc(-c3ccccc3C)nc2c1. The minimum atomic E-state index is -4.68. The van der Waals surface area contributed by atoms with E-state index >= 15 is 0 Å². The molecule has 40 heavy (non-hydrogen) atoms. The lowest BCUT2D eigenvalue weighted by Crippen LogP contribution is -2.18. The van der Waals surface area contributed by atoms with Crippen molar-refractivity contribution in [1.82, 2.24) is 4.98 Å². The summed E-state index contributed by atoms with van der Waals surface area (Å²) in [5.74, 6) is -0.777. The molecule has 1 amide bonds. The van der Waals surface area contributed by atoms with Crippen LogP contribution in [0.2, 0.25) is 0 Å². The van der Waals surface area contributed by atoms with Crippen molar-refractivity contribution in [2.45, 2.75) is 13.1 Å². The topological polar surface area (TPSA) is 104 Å². The lowest BCUT2D eigenvalue weighted by molar-refractivity contribution is -0.137. The number of phenols is 1. The molecule has 4 aromatic carbocycles. The van der Waals surface area contributed by atoms with E-state index in [0.29, 0.717) is 17.2 Å². The van der Waals surface area contributed by atoms with Gasteiger partial charge in [-0.2, -0.15) is 18.4 Å². The van der Waals surface area contributed by atoms with Gasteiger partial charge >= 0.3 is 6.18 Å². The molecule has 0 saturated heterocycles. The van der Waals surface area contributed by atoms with Crippen molar-refractivity contribution in [2.24, 2.45) is 0 Å². The van der Waals surface area contributed by atoms with E-state index in [1.54, 1.807) is 24.3 Å². The molecule has 0 aliphatic heterocycles. The minimum absolute atomic E-state index is 0.138. The van der Waals surface area contributed by atoms with Gasteiger partial charge in [-0.3, -0.25) is 4.79 Å². The number of phenolic OH excluding ortho intramolecular Hbond substituents is 1. The quantitative estimate of drug-likeness (QED) is 0.179. The van der Waals surface area contributed by atoms with Crippen molar-refractivity contribution < 1.29 is 27.5 Å². The van der Waals surface area contributed by atoms with E-state index in [1.165, 1.54) is 30.3 Å². The van der Waals surface area contributed by atoms with Crippen LogP contribution >= 0.6 is 0 Å². The molecule has 0 fully saturated rings. The van der Waals surface area contributed by atoms with Gasteiger partial charge in [0.15, 0.2) is 11.3 Å². The first-order chi connectivity index (χ1) is 19.1. The normalized spacial score (nSPS) is 10.7. The van der Waals surface area contributed by atoms with Crippen LogP contribution in [0.15, 0.2) is 89.3 Å². The van der Waals surface area contributed by atoms with E-state index < -0.39 is 23.2 Å². The zero-order chi connectivity index (χ0) is 28.9. The number of nitrogens with zero attached hydrogens (tertiary/aromatic N) is 3. The summed E-state index contributed by atoms with van der Waals surface area (Å²) in [6.07, 6.45) is -4.68. The highest BCUT2D eigenvalue weighted by Crippen LogP contribution is 2.33. The standard InChI is InChI=1S/C15H9F3N2O2.C15H10N2O/c16-15(17,18)11-4-2-1-3-10(11)14(22)20-12-7-9(8-19)5-6-13(12)21;1-10-5-3-4-6-12(10)15-17-13-9-11(16-2)7-8-14(13)18-15/h1-7,21H,(H,20,22);3-9H,1H3. The zero-order valence-corrected chi connectivity index (χ0v) is 20.8. The Morgan fingerprint density at radius 1 is 1.05 bits per heavy atom. The second-order valence-corrected chi connectivity index (χ2v) is 8.44. The molecule has 1 aromatic heterocycles. The molecule has 0 bridgehead atoms. The number of amides is 1. The van der Waals surface area contributed by atoms with Gasteiger partial charge < -0.3 is 14.8 Å². The lowest BCUT2D eigenvalue weighted by atomic mass is 10.1. The second-order valence-electron chi connectivity index (χ2n) is 8.44. The molecule has 0 radical (unpaired) electrons. The van der Waals surface area contributed by atoms with Crippen LogP contribution in [0.4, 0.5) is 24.5 Å². The van der Waals surface area contributed by atoms with Gasteiger partial charge in [0.2, 0.25) is 5.89 Å². The molecule has 5 aromatic rings. The van der Waals surface area contributed by atoms with E-state index in [1.807, 2.05) is 31.2 Å². The van der Waals surface area contributed by atoms with Crippen molar-refractivity contribution in [3.8, 4) is 23.3 Å². The molecule has 7 nitrogen and oxygen atoms in total. The highest BCUT2D eigenvalue weighted by molar-refractivity contribution is 6.06. The van der Waals surface area contributed by atoms with Crippen molar-refractivity contribution in [3.05, 3.63) is 119 Å². The van der Waals surface area contributed by atoms with E-state index in [9.17, 15) is 23.1 Å². The highest BCUT2D eigenvalue weighted by Gasteiger charge is 2.35. The first kappa shape index (κ1) is 27.4. The number of anilines is 1. The first-order valence-corrected chi connectivity index (χ1v) is 11.7. The summed E-state index contributed by atoms with van der Waals surface area (Å²) >= 11 is 0. The second kappa shape index (κ2) is 11.4. The number of aromatic nitrogens is 1. The smallest absolute Gasteiger partial charge is 0.417 e. The number of halogens is 3. The fourth-order valence-corrected chi connectivity index (χ4v) is 3.74. The maximum atomic E-state index is 12.9. The molecule has 0 aliphatic rings. The van der Waals surface area contributed by atoms with E-state index in [-0.39, 0.29) is 17.0 Å². The number of aromatic hydroxyl groups is 1. The number of benzene rings is 4. The van der Waals surface area contributed by atoms with Crippen LogP contribution in [-0.4, -0.2) is 16.0 Å². The Labute approximate surface area is 226 Å². The summed E-state index contributed by atoms with van der Waals surface area (Å²) in [6, 6.07) is 23.0. The third-order valence-corrected chi connectivity index (χ3v) is 5.73. The van der Waals surface area contributed by atoms with Crippen molar-refractivity contribution >= 4 is 28.4 Å². The van der Waals surface area contributed by atoms with Crippen LogP contribution < -0.4 is 5.32 Å². The van der Waals surface area contributed by atoms with Gasteiger partial charge in [0.05, 0.1) is 40.5 Å². The lowest BCUT2D eigenvalue weighted by Gasteiger charge is -2.13. The third kappa shape index (κ3) is 6.09. The number of rotatable bonds is 3. The number of carbonyl (C=O) groups excluding carboxylic acids is 1. The Kier molecular flexibility index (Phi) is 7.83. The fraction of sp³-hybridized carbons (Fsp3) is 0.0667. The van der Waals surface area contributed by atoms with E-state index in [2.05, 4.69) is 15.1 Å². The number of oxazole rings is 1. The van der Waals surface area contributed by atoms with E-state index in [4.69, 9.17) is 16.3 Å². The summed E-state index contributed by atoms with van der Waals surface area (Å²) < 4.78 is 44.3. The predicted octanol–water partition coefficient (Wildman–Crippen LogP) is 7.89. The summed E-state index contributed by atoms with van der Waals surface area (Å²) in [6.45, 7) is 9.01. The molecular formula is C30H19F3N4O3. The average Bonchev–Trinajstić information content (AvgIpc) is 3.37. The van der Waals surface area contributed by atoms with Gasteiger partial charge in [-0.05, 0) is 61.0 Å². The van der Waals surface area contributed by atoms with Gasteiger partial charge in [-0.15, -0.1) is 0 Å². The minimum Gasteiger partial charge on any atom is -0.506 e. The van der Waals surface area contributed by atoms with Crippen molar-refractivity contribution in [2.75, 3.05) is 5.32 Å². The molecule has 0 aliphatic carbocycles. The van der Waals surface area contributed by atoms with Crippen LogP contribution in [0.3, 0.4) is 0 Å². The van der Waals surface area contributed by atoms with Crippen LogP contribution in [0.5, 0.6) is 5.75 Å². The number of hydrogen-bond acceptors (Lipinski definition) is 5. The molecule has 0 unspecified atom stereocenters. The maximum Gasteiger partial charge on any atom is 0.417 e. The highest BCUT2D eigenvalue weighted by atomic mass is 19.4. The van der Waals surface area contributed by atoms with Crippen LogP contribution in [0.25, 0.3) is 27.4 Å². The summed E-state index contributed by atoms with van der Waals surface area (Å²) in [5.41, 5.74) is 2.47. The molecule has 0 saturated carbocycles. The van der Waals surface area contributed by atoms with E-state index in [0.717, 1.165) is 28.8 Å². The Bertz CT molecular complexity index is 1800. The fourth-order valence-electron chi connectivity index (χ4n) is 3.74. The van der Waals surface area contributed by atoms with Gasteiger partial charge in [-0.25, -0.2) is 9.83 Å². The van der Waals surface area contributed by atoms with Gasteiger partial charge in [-0.1, -0.05) is 36.4 Å². The summed E-state index contributed by atoms with van der Waals surface area (Å²) in [7, 11) is 0. The van der Waals surface area contributed by atoms with Crippen molar-refractivity contribution in [1.29, 1.82) is 5.26 Å².